The lowest BCUT2D eigenvalue weighted by Gasteiger charge is -2.44. The monoisotopic (exact) mass is 476 g/mol. The third-order valence-electron chi connectivity index (χ3n) is 5.24. The van der Waals surface area contributed by atoms with Crippen molar-refractivity contribution in [3.05, 3.63) is 42.2 Å². The molecule has 2 atom stereocenters. The van der Waals surface area contributed by atoms with Gasteiger partial charge < -0.3 is 19.3 Å². The van der Waals surface area contributed by atoms with Gasteiger partial charge in [-0.15, -0.1) is 0 Å². The zero-order valence-electron chi connectivity index (χ0n) is 20.0. The number of amides is 1. The van der Waals surface area contributed by atoms with Crippen molar-refractivity contribution in [2.45, 2.75) is 63.8 Å². The lowest BCUT2D eigenvalue weighted by Crippen LogP contribution is -2.59. The van der Waals surface area contributed by atoms with Crippen LogP contribution in [0, 0.1) is 0 Å². The van der Waals surface area contributed by atoms with Crippen LogP contribution in [0.1, 0.15) is 40.2 Å². The highest BCUT2D eigenvalue weighted by atomic mass is 32.2. The van der Waals surface area contributed by atoms with Crippen LogP contribution in [0.15, 0.2) is 41.6 Å². The van der Waals surface area contributed by atoms with E-state index in [-0.39, 0.29) is 29.7 Å². The van der Waals surface area contributed by atoms with Crippen molar-refractivity contribution in [1.29, 1.82) is 0 Å². The molecule has 1 fully saturated rings. The highest BCUT2D eigenvalue weighted by molar-refractivity contribution is 7.90. The summed E-state index contributed by atoms with van der Waals surface area (Å²) in [6.07, 6.45) is 4.10. The van der Waals surface area contributed by atoms with E-state index in [0.717, 1.165) is 5.56 Å². The van der Waals surface area contributed by atoms with Crippen LogP contribution in [0.4, 0.5) is 10.7 Å². The minimum absolute atomic E-state index is 0.0221. The summed E-state index contributed by atoms with van der Waals surface area (Å²) in [6, 6.07) is 6.54. The second-order valence-corrected chi connectivity index (χ2v) is 11.4. The molecule has 33 heavy (non-hydrogen) atoms. The number of hydrogen-bond acceptors (Lipinski definition) is 8. The number of hydrogen-bond donors (Lipinski definition) is 0. The van der Waals surface area contributed by atoms with E-state index in [0.29, 0.717) is 24.8 Å². The van der Waals surface area contributed by atoms with Crippen molar-refractivity contribution in [3.63, 3.8) is 0 Å². The van der Waals surface area contributed by atoms with Gasteiger partial charge in [-0.2, -0.15) is 0 Å². The SMILES string of the molecule is C[C@@H]1CN(c2ncc(OCc3ccc(S(C)(=O)=O)cc3)cn2)[C@@H](C)CN1C(=O)OC(C)(C)C. The summed E-state index contributed by atoms with van der Waals surface area (Å²) in [6.45, 7) is 11.0. The number of carbonyl (C=O) groups excluding carboxylic acids is 1. The molecule has 0 saturated carbocycles. The van der Waals surface area contributed by atoms with Gasteiger partial charge in [0.2, 0.25) is 5.95 Å². The first kappa shape index (κ1) is 24.8. The van der Waals surface area contributed by atoms with Crippen LogP contribution >= 0.6 is 0 Å². The Kier molecular flexibility index (Phi) is 7.16. The van der Waals surface area contributed by atoms with Crippen LogP contribution in [0.25, 0.3) is 0 Å². The predicted octanol–water partition coefficient (Wildman–Crippen LogP) is 3.29. The van der Waals surface area contributed by atoms with Gasteiger partial charge in [-0.25, -0.2) is 23.2 Å². The van der Waals surface area contributed by atoms with E-state index in [9.17, 15) is 13.2 Å². The molecule has 0 aliphatic carbocycles. The molecule has 0 radical (unpaired) electrons. The molecule has 0 bridgehead atoms. The largest absolute Gasteiger partial charge is 0.486 e. The first-order valence-electron chi connectivity index (χ1n) is 10.8. The molecule has 1 aromatic carbocycles. The quantitative estimate of drug-likeness (QED) is 0.648. The summed E-state index contributed by atoms with van der Waals surface area (Å²) in [5, 5.41) is 0. The summed E-state index contributed by atoms with van der Waals surface area (Å²) >= 11 is 0. The number of anilines is 1. The third kappa shape index (κ3) is 6.56. The summed E-state index contributed by atoms with van der Waals surface area (Å²) in [4.78, 5) is 25.5. The highest BCUT2D eigenvalue weighted by Gasteiger charge is 2.35. The van der Waals surface area contributed by atoms with Gasteiger partial charge >= 0.3 is 6.09 Å². The Hall–Kier alpha value is -2.88. The maximum atomic E-state index is 12.5. The minimum atomic E-state index is -3.22. The van der Waals surface area contributed by atoms with Crippen molar-refractivity contribution in [2.24, 2.45) is 0 Å². The standard InChI is InChI=1S/C23H32N4O5S/c1-16-14-27(22(28)32-23(3,4)5)17(2)13-26(16)21-24-11-19(12-25-21)31-15-18-7-9-20(10-8-18)33(6,29)30/h7-12,16-17H,13-15H2,1-6H3/t16-,17+/m0/s1. The Morgan fingerprint density at radius 1 is 1.06 bits per heavy atom. The summed E-state index contributed by atoms with van der Waals surface area (Å²) in [7, 11) is -3.22. The molecule has 0 spiro atoms. The number of carbonyl (C=O) groups is 1. The van der Waals surface area contributed by atoms with Gasteiger partial charge in [0.1, 0.15) is 12.2 Å². The van der Waals surface area contributed by atoms with Gasteiger partial charge in [0.05, 0.1) is 17.3 Å². The number of benzene rings is 1. The molecule has 0 N–H and O–H groups in total. The Balaban J connectivity index is 1.59. The number of piperazine rings is 1. The average Bonchev–Trinajstić information content (AvgIpc) is 2.72. The van der Waals surface area contributed by atoms with Crippen LogP contribution in [-0.4, -0.2) is 66.4 Å². The van der Waals surface area contributed by atoms with E-state index in [2.05, 4.69) is 14.9 Å². The van der Waals surface area contributed by atoms with Crippen molar-refractivity contribution in [2.75, 3.05) is 24.2 Å². The Labute approximate surface area is 195 Å². The fourth-order valence-corrected chi connectivity index (χ4v) is 4.14. The van der Waals surface area contributed by atoms with Crippen molar-refractivity contribution >= 4 is 21.9 Å². The van der Waals surface area contributed by atoms with Gasteiger partial charge in [-0.1, -0.05) is 12.1 Å². The average molecular weight is 477 g/mol. The van der Waals surface area contributed by atoms with E-state index in [1.807, 2.05) is 34.6 Å². The lowest BCUT2D eigenvalue weighted by atomic mass is 10.1. The topological polar surface area (TPSA) is 102 Å². The Morgan fingerprint density at radius 2 is 1.67 bits per heavy atom. The molecule has 0 unspecified atom stereocenters. The van der Waals surface area contributed by atoms with E-state index < -0.39 is 15.4 Å². The molecule has 1 saturated heterocycles. The Morgan fingerprint density at radius 3 is 2.21 bits per heavy atom. The smallest absolute Gasteiger partial charge is 0.410 e. The molecule has 1 aliphatic heterocycles. The molecule has 1 amide bonds. The highest BCUT2D eigenvalue weighted by Crippen LogP contribution is 2.23. The van der Waals surface area contributed by atoms with Crippen LogP contribution in [0.3, 0.4) is 0 Å². The number of sulfone groups is 1. The van der Waals surface area contributed by atoms with E-state index in [1.165, 1.54) is 6.26 Å². The first-order chi connectivity index (χ1) is 15.3. The molecule has 3 rings (SSSR count). The third-order valence-corrected chi connectivity index (χ3v) is 6.37. The fourth-order valence-electron chi connectivity index (χ4n) is 3.51. The van der Waals surface area contributed by atoms with Gasteiger partial charge in [0.25, 0.3) is 0 Å². The fraction of sp³-hybridized carbons (Fsp3) is 0.522. The van der Waals surface area contributed by atoms with Crippen molar-refractivity contribution < 1.29 is 22.7 Å². The molecule has 1 aromatic heterocycles. The normalized spacial score (nSPS) is 19.3. The second-order valence-electron chi connectivity index (χ2n) is 9.41. The van der Waals surface area contributed by atoms with Crippen LogP contribution < -0.4 is 9.64 Å². The van der Waals surface area contributed by atoms with E-state index in [4.69, 9.17) is 9.47 Å². The van der Waals surface area contributed by atoms with Gasteiger partial charge in [-0.3, -0.25) is 0 Å². The minimum Gasteiger partial charge on any atom is -0.486 e. The van der Waals surface area contributed by atoms with E-state index >= 15 is 0 Å². The maximum absolute atomic E-state index is 12.5. The molecular weight excluding hydrogens is 444 g/mol. The second kappa shape index (κ2) is 9.54. The number of aromatic nitrogens is 2. The Bertz CT molecular complexity index is 1070. The summed E-state index contributed by atoms with van der Waals surface area (Å²) in [5.41, 5.74) is 0.304. The number of rotatable bonds is 5. The molecule has 180 valence electrons. The van der Waals surface area contributed by atoms with Crippen molar-refractivity contribution in [3.8, 4) is 5.75 Å². The van der Waals surface area contributed by atoms with Gasteiger partial charge in [0.15, 0.2) is 15.6 Å². The predicted molar refractivity (Wildman–Crippen MR) is 125 cm³/mol. The first-order valence-corrected chi connectivity index (χ1v) is 12.7. The molecule has 2 heterocycles. The molecular formula is C23H32N4O5S. The van der Waals surface area contributed by atoms with Crippen LogP contribution in [0.5, 0.6) is 5.75 Å². The maximum Gasteiger partial charge on any atom is 0.410 e. The number of nitrogens with zero attached hydrogens (tertiary/aromatic N) is 4. The summed E-state index contributed by atoms with van der Waals surface area (Å²) in [5.74, 6) is 1.09. The molecule has 9 nitrogen and oxygen atoms in total. The van der Waals surface area contributed by atoms with E-state index in [1.54, 1.807) is 41.6 Å². The molecule has 10 heteroatoms. The van der Waals surface area contributed by atoms with Crippen LogP contribution in [-0.2, 0) is 21.2 Å². The molecule has 1 aliphatic rings. The summed E-state index contributed by atoms with van der Waals surface area (Å²) < 4.78 is 34.4. The lowest BCUT2D eigenvalue weighted by molar-refractivity contribution is 0.0129. The zero-order chi connectivity index (χ0) is 24.4. The van der Waals surface area contributed by atoms with Gasteiger partial charge in [0, 0.05) is 31.4 Å². The van der Waals surface area contributed by atoms with Crippen molar-refractivity contribution in [1.82, 2.24) is 14.9 Å². The van der Waals surface area contributed by atoms with Gasteiger partial charge in [-0.05, 0) is 52.3 Å². The zero-order valence-corrected chi connectivity index (χ0v) is 20.8. The number of ether oxygens (including phenoxy) is 2. The molecule has 2 aromatic rings. The van der Waals surface area contributed by atoms with Crippen LogP contribution in [0.2, 0.25) is 0 Å².